The van der Waals surface area contributed by atoms with Gasteiger partial charge in [0, 0.05) is 35.5 Å². The van der Waals surface area contributed by atoms with Gasteiger partial charge >= 0.3 is 0 Å². The number of carbonyl (C=O) groups is 1. The maximum atomic E-state index is 13.0. The molecule has 4 rings (SSSR count). The lowest BCUT2D eigenvalue weighted by Crippen LogP contribution is -2.19. The highest BCUT2D eigenvalue weighted by molar-refractivity contribution is 6.06. The third-order valence-electron chi connectivity index (χ3n) is 4.96. The van der Waals surface area contributed by atoms with Crippen molar-refractivity contribution in [3.8, 4) is 22.9 Å². The summed E-state index contributed by atoms with van der Waals surface area (Å²) in [6.45, 7) is 0. The molecule has 32 heavy (non-hydrogen) atoms. The predicted molar refractivity (Wildman–Crippen MR) is 121 cm³/mol. The number of hydrogen-bond acceptors (Lipinski definition) is 6. The van der Waals surface area contributed by atoms with E-state index in [0.29, 0.717) is 45.1 Å². The van der Waals surface area contributed by atoms with Crippen LogP contribution in [0.2, 0.25) is 0 Å². The van der Waals surface area contributed by atoms with Gasteiger partial charge in [-0.2, -0.15) is 0 Å². The molecule has 0 aliphatic heterocycles. The topological polar surface area (TPSA) is 91.7 Å². The maximum absolute atomic E-state index is 13.0. The number of methoxy groups -OCH3 is 3. The number of anilines is 1. The van der Waals surface area contributed by atoms with Crippen LogP contribution in [0.5, 0.6) is 17.2 Å². The molecule has 0 saturated heterocycles. The van der Waals surface area contributed by atoms with Gasteiger partial charge in [0.2, 0.25) is 0 Å². The molecule has 0 radical (unpaired) electrons. The Labute approximate surface area is 184 Å². The molecule has 162 valence electrons. The Hall–Kier alpha value is -4.33. The van der Waals surface area contributed by atoms with Gasteiger partial charge in [0.15, 0.2) is 0 Å². The molecule has 1 amide bonds. The zero-order chi connectivity index (χ0) is 22.7. The van der Waals surface area contributed by atoms with E-state index in [1.165, 1.54) is 25.1 Å². The van der Waals surface area contributed by atoms with E-state index < -0.39 is 0 Å². The number of carbonyl (C=O) groups excluding carboxylic acids is 1. The van der Waals surface area contributed by atoms with Crippen LogP contribution < -0.4 is 25.1 Å². The second-order valence-corrected chi connectivity index (χ2v) is 6.91. The largest absolute Gasteiger partial charge is 0.497 e. The quantitative estimate of drug-likeness (QED) is 0.501. The SMILES string of the molecule is COc1cc(NC(=O)c2ccc3c(=O)n(-c4cccc(OC)c4)cnc3c2)cc(OC)c1. The molecule has 8 heteroatoms. The van der Waals surface area contributed by atoms with Crippen LogP contribution >= 0.6 is 0 Å². The van der Waals surface area contributed by atoms with Crippen LogP contribution in [-0.4, -0.2) is 36.8 Å². The monoisotopic (exact) mass is 431 g/mol. The Balaban J connectivity index is 1.65. The van der Waals surface area contributed by atoms with Crippen LogP contribution in [0.25, 0.3) is 16.6 Å². The third kappa shape index (κ3) is 4.11. The fraction of sp³-hybridized carbons (Fsp3) is 0.125. The van der Waals surface area contributed by atoms with Gasteiger partial charge in [-0.25, -0.2) is 4.98 Å². The van der Waals surface area contributed by atoms with Crippen LogP contribution in [0.15, 0.2) is 71.8 Å². The van der Waals surface area contributed by atoms with Crippen LogP contribution in [0, 0.1) is 0 Å². The number of rotatable bonds is 6. The van der Waals surface area contributed by atoms with Crippen LogP contribution in [-0.2, 0) is 0 Å². The van der Waals surface area contributed by atoms with E-state index in [2.05, 4.69) is 10.3 Å². The molecule has 8 nitrogen and oxygen atoms in total. The van der Waals surface area contributed by atoms with Crippen molar-refractivity contribution in [1.82, 2.24) is 9.55 Å². The summed E-state index contributed by atoms with van der Waals surface area (Å²) >= 11 is 0. The van der Waals surface area contributed by atoms with Gasteiger partial charge in [-0.1, -0.05) is 6.07 Å². The van der Waals surface area contributed by atoms with Gasteiger partial charge in [-0.15, -0.1) is 0 Å². The summed E-state index contributed by atoms with van der Waals surface area (Å²) in [5.74, 6) is 1.40. The van der Waals surface area contributed by atoms with E-state index in [0.717, 1.165) is 0 Å². The molecular weight excluding hydrogens is 410 g/mol. The molecule has 0 fully saturated rings. The Bertz CT molecular complexity index is 1340. The third-order valence-corrected chi connectivity index (χ3v) is 4.96. The highest BCUT2D eigenvalue weighted by Gasteiger charge is 2.12. The van der Waals surface area contributed by atoms with Crippen molar-refractivity contribution in [3.63, 3.8) is 0 Å². The fourth-order valence-corrected chi connectivity index (χ4v) is 3.29. The molecule has 1 aromatic heterocycles. The highest BCUT2D eigenvalue weighted by atomic mass is 16.5. The lowest BCUT2D eigenvalue weighted by molar-refractivity contribution is 0.102. The first-order valence-corrected chi connectivity index (χ1v) is 9.72. The molecule has 0 spiro atoms. The van der Waals surface area contributed by atoms with E-state index in [1.54, 1.807) is 67.8 Å². The number of amides is 1. The molecule has 1 heterocycles. The van der Waals surface area contributed by atoms with Crippen molar-refractivity contribution in [1.29, 1.82) is 0 Å². The standard InChI is InChI=1S/C24H21N3O5/c1-30-18-6-4-5-17(12-18)27-14-25-22-9-15(7-8-21(22)24(27)29)23(28)26-16-10-19(31-2)13-20(11-16)32-3/h4-14H,1-3H3,(H,26,28). The minimum absolute atomic E-state index is 0.243. The van der Waals surface area contributed by atoms with Gasteiger partial charge in [-0.3, -0.25) is 14.2 Å². The van der Waals surface area contributed by atoms with Gasteiger partial charge in [-0.05, 0) is 30.3 Å². The molecule has 0 aliphatic rings. The number of aromatic nitrogens is 2. The van der Waals surface area contributed by atoms with Crippen molar-refractivity contribution in [3.05, 3.63) is 82.9 Å². The van der Waals surface area contributed by atoms with E-state index in [4.69, 9.17) is 14.2 Å². The Kier molecular flexibility index (Phi) is 5.76. The van der Waals surface area contributed by atoms with Gasteiger partial charge in [0.25, 0.3) is 11.5 Å². The molecule has 0 atom stereocenters. The summed E-state index contributed by atoms with van der Waals surface area (Å²) in [5.41, 5.74) is 1.70. The Morgan fingerprint density at radius 3 is 2.28 bits per heavy atom. The number of nitrogens with zero attached hydrogens (tertiary/aromatic N) is 2. The van der Waals surface area contributed by atoms with Crippen molar-refractivity contribution in [2.24, 2.45) is 0 Å². The molecule has 0 bridgehead atoms. The molecule has 0 saturated carbocycles. The Morgan fingerprint density at radius 1 is 0.875 bits per heavy atom. The van der Waals surface area contributed by atoms with Crippen molar-refractivity contribution < 1.29 is 19.0 Å². The summed E-state index contributed by atoms with van der Waals surface area (Å²) in [7, 11) is 4.63. The zero-order valence-electron chi connectivity index (χ0n) is 17.8. The van der Waals surface area contributed by atoms with Gasteiger partial charge < -0.3 is 19.5 Å². The summed E-state index contributed by atoms with van der Waals surface area (Å²) in [6, 6.07) is 17.0. The van der Waals surface area contributed by atoms with E-state index in [-0.39, 0.29) is 11.5 Å². The molecule has 3 aromatic carbocycles. The number of ether oxygens (including phenoxy) is 3. The summed E-state index contributed by atoms with van der Waals surface area (Å²) < 4.78 is 17.1. The van der Waals surface area contributed by atoms with E-state index in [1.807, 2.05) is 0 Å². The average Bonchev–Trinajstić information content (AvgIpc) is 2.83. The van der Waals surface area contributed by atoms with Crippen LogP contribution in [0.4, 0.5) is 5.69 Å². The lowest BCUT2D eigenvalue weighted by atomic mass is 10.1. The van der Waals surface area contributed by atoms with Gasteiger partial charge in [0.1, 0.15) is 23.6 Å². The van der Waals surface area contributed by atoms with Crippen molar-refractivity contribution in [2.45, 2.75) is 0 Å². The minimum atomic E-state index is -0.346. The summed E-state index contributed by atoms with van der Waals surface area (Å²) in [5, 5.41) is 3.21. The highest BCUT2D eigenvalue weighted by Crippen LogP contribution is 2.26. The normalized spacial score (nSPS) is 10.6. The molecule has 4 aromatic rings. The van der Waals surface area contributed by atoms with Crippen LogP contribution in [0.1, 0.15) is 10.4 Å². The minimum Gasteiger partial charge on any atom is -0.497 e. The first-order valence-electron chi connectivity index (χ1n) is 9.72. The molecule has 0 unspecified atom stereocenters. The number of benzene rings is 3. The fourth-order valence-electron chi connectivity index (χ4n) is 3.29. The van der Waals surface area contributed by atoms with Crippen molar-refractivity contribution >= 4 is 22.5 Å². The van der Waals surface area contributed by atoms with E-state index in [9.17, 15) is 9.59 Å². The predicted octanol–water partition coefficient (Wildman–Crippen LogP) is 3.66. The first-order chi connectivity index (χ1) is 15.5. The summed E-state index contributed by atoms with van der Waals surface area (Å²) in [6.07, 6.45) is 1.44. The molecular formula is C24H21N3O5. The second kappa shape index (κ2) is 8.81. The van der Waals surface area contributed by atoms with Crippen LogP contribution in [0.3, 0.4) is 0 Å². The van der Waals surface area contributed by atoms with Gasteiger partial charge in [0.05, 0.1) is 37.9 Å². The average molecular weight is 431 g/mol. The molecule has 1 N–H and O–H groups in total. The number of fused-ring (bicyclic) bond motifs is 1. The zero-order valence-corrected chi connectivity index (χ0v) is 17.8. The Morgan fingerprint density at radius 2 is 1.59 bits per heavy atom. The lowest BCUT2D eigenvalue weighted by Gasteiger charge is -2.11. The first kappa shape index (κ1) is 20.9. The number of nitrogens with one attached hydrogen (secondary N) is 1. The second-order valence-electron chi connectivity index (χ2n) is 6.91. The number of hydrogen-bond donors (Lipinski definition) is 1. The smallest absolute Gasteiger partial charge is 0.265 e. The molecule has 0 aliphatic carbocycles. The maximum Gasteiger partial charge on any atom is 0.265 e. The summed E-state index contributed by atoms with van der Waals surface area (Å²) in [4.78, 5) is 30.2. The van der Waals surface area contributed by atoms with Crippen molar-refractivity contribution in [2.75, 3.05) is 26.6 Å². The van der Waals surface area contributed by atoms with E-state index >= 15 is 0 Å².